The molecule has 1 amide bonds. The number of aromatic amines is 1. The number of H-pyrrole nitrogens is 1. The van der Waals surface area contributed by atoms with Crippen LogP contribution in [0.15, 0.2) is 30.5 Å². The summed E-state index contributed by atoms with van der Waals surface area (Å²) in [5.74, 6) is -1.40. The van der Waals surface area contributed by atoms with Crippen molar-refractivity contribution in [2.24, 2.45) is 0 Å². The summed E-state index contributed by atoms with van der Waals surface area (Å²) in [6.45, 7) is 1.72. The molecular weight excluding hydrogens is 232 g/mol. The van der Waals surface area contributed by atoms with Crippen molar-refractivity contribution >= 4 is 22.8 Å². The molecule has 2 rings (SSSR count). The van der Waals surface area contributed by atoms with Gasteiger partial charge in [-0.2, -0.15) is 0 Å². The molecule has 5 heteroatoms. The third kappa shape index (κ3) is 2.20. The minimum Gasteiger partial charge on any atom is -0.480 e. The molecule has 0 saturated carbocycles. The first-order valence-electron chi connectivity index (χ1n) is 5.73. The van der Waals surface area contributed by atoms with E-state index in [9.17, 15) is 9.59 Å². The fourth-order valence-corrected chi connectivity index (χ4v) is 1.83. The Bertz CT molecular complexity index is 589. The predicted molar refractivity (Wildman–Crippen MR) is 67.5 cm³/mol. The second-order valence-electron chi connectivity index (χ2n) is 4.02. The van der Waals surface area contributed by atoms with Gasteiger partial charge in [0.05, 0.1) is 5.56 Å². The van der Waals surface area contributed by atoms with Crippen LogP contribution < -0.4 is 5.32 Å². The van der Waals surface area contributed by atoms with Gasteiger partial charge in [0.1, 0.15) is 6.04 Å². The fraction of sp³-hybridized carbons (Fsp3) is 0.231. The zero-order chi connectivity index (χ0) is 13.1. The van der Waals surface area contributed by atoms with Crippen molar-refractivity contribution in [3.63, 3.8) is 0 Å². The summed E-state index contributed by atoms with van der Waals surface area (Å²) in [5, 5.41) is 12.2. The van der Waals surface area contributed by atoms with E-state index in [0.717, 1.165) is 10.9 Å². The van der Waals surface area contributed by atoms with Crippen LogP contribution in [-0.2, 0) is 4.79 Å². The highest BCUT2D eigenvalue weighted by Gasteiger charge is 2.20. The molecule has 94 valence electrons. The van der Waals surface area contributed by atoms with Gasteiger partial charge < -0.3 is 15.4 Å². The second-order valence-corrected chi connectivity index (χ2v) is 4.02. The smallest absolute Gasteiger partial charge is 0.326 e. The van der Waals surface area contributed by atoms with Crippen LogP contribution in [0.3, 0.4) is 0 Å². The van der Waals surface area contributed by atoms with Crippen LogP contribution in [0.1, 0.15) is 23.7 Å². The molecule has 1 aromatic carbocycles. The molecule has 0 unspecified atom stereocenters. The second kappa shape index (κ2) is 4.91. The molecule has 5 nitrogen and oxygen atoms in total. The Morgan fingerprint density at radius 1 is 1.39 bits per heavy atom. The maximum absolute atomic E-state index is 12.0. The first-order chi connectivity index (χ1) is 8.63. The maximum atomic E-state index is 12.0. The van der Waals surface area contributed by atoms with Crippen molar-refractivity contribution in [3.05, 3.63) is 36.0 Å². The van der Waals surface area contributed by atoms with Crippen LogP contribution in [0.25, 0.3) is 10.9 Å². The van der Waals surface area contributed by atoms with Gasteiger partial charge in [-0.05, 0) is 12.5 Å². The lowest BCUT2D eigenvalue weighted by molar-refractivity contribution is -0.139. The predicted octanol–water partition coefficient (Wildman–Crippen LogP) is 1.76. The highest BCUT2D eigenvalue weighted by Crippen LogP contribution is 2.17. The first kappa shape index (κ1) is 12.2. The van der Waals surface area contributed by atoms with Crippen molar-refractivity contribution in [1.29, 1.82) is 0 Å². The maximum Gasteiger partial charge on any atom is 0.326 e. The molecule has 3 N–H and O–H groups in total. The van der Waals surface area contributed by atoms with E-state index in [1.54, 1.807) is 13.1 Å². The van der Waals surface area contributed by atoms with Crippen LogP contribution in [0, 0.1) is 0 Å². The molecule has 0 fully saturated rings. The van der Waals surface area contributed by atoms with Gasteiger partial charge in [0.2, 0.25) is 0 Å². The monoisotopic (exact) mass is 246 g/mol. The Balaban J connectivity index is 2.26. The number of carboxylic acids is 1. The highest BCUT2D eigenvalue weighted by atomic mass is 16.4. The number of rotatable bonds is 4. The summed E-state index contributed by atoms with van der Waals surface area (Å²) in [5.41, 5.74) is 1.32. The fourth-order valence-electron chi connectivity index (χ4n) is 1.83. The SMILES string of the molecule is CC[C@H](NC(=O)c1c[nH]c2ccccc12)C(=O)O. The third-order valence-corrected chi connectivity index (χ3v) is 2.85. The number of carboxylic acid groups (broad SMARTS) is 1. The molecule has 0 radical (unpaired) electrons. The Labute approximate surface area is 104 Å². The van der Waals surface area contributed by atoms with Crippen LogP contribution >= 0.6 is 0 Å². The van der Waals surface area contributed by atoms with E-state index >= 15 is 0 Å². The van der Waals surface area contributed by atoms with Crippen LogP contribution in [-0.4, -0.2) is 28.0 Å². The average molecular weight is 246 g/mol. The number of carbonyl (C=O) groups is 2. The van der Waals surface area contributed by atoms with Crippen molar-refractivity contribution in [1.82, 2.24) is 10.3 Å². The molecule has 0 aliphatic heterocycles. The van der Waals surface area contributed by atoms with Crippen molar-refractivity contribution < 1.29 is 14.7 Å². The van der Waals surface area contributed by atoms with Crippen LogP contribution in [0.5, 0.6) is 0 Å². The van der Waals surface area contributed by atoms with Crippen LogP contribution in [0.4, 0.5) is 0 Å². The van der Waals surface area contributed by atoms with Crippen molar-refractivity contribution in [3.8, 4) is 0 Å². The van der Waals surface area contributed by atoms with Gasteiger partial charge >= 0.3 is 5.97 Å². The lowest BCUT2D eigenvalue weighted by atomic mass is 10.1. The Kier molecular flexibility index (Phi) is 3.32. The van der Waals surface area contributed by atoms with E-state index in [0.29, 0.717) is 12.0 Å². The van der Waals surface area contributed by atoms with E-state index in [2.05, 4.69) is 10.3 Å². The average Bonchev–Trinajstić information content (AvgIpc) is 2.79. The largest absolute Gasteiger partial charge is 0.480 e. The number of carbonyl (C=O) groups excluding carboxylic acids is 1. The normalized spacial score (nSPS) is 12.3. The number of para-hydroxylation sites is 1. The number of fused-ring (bicyclic) bond motifs is 1. The van der Waals surface area contributed by atoms with Gasteiger partial charge in [-0.15, -0.1) is 0 Å². The Morgan fingerprint density at radius 3 is 2.78 bits per heavy atom. The van der Waals surface area contributed by atoms with Crippen molar-refractivity contribution in [2.45, 2.75) is 19.4 Å². The molecule has 1 heterocycles. The Hall–Kier alpha value is -2.30. The first-order valence-corrected chi connectivity index (χ1v) is 5.73. The Morgan fingerprint density at radius 2 is 2.11 bits per heavy atom. The molecule has 2 aromatic rings. The molecule has 18 heavy (non-hydrogen) atoms. The minimum atomic E-state index is -1.02. The summed E-state index contributed by atoms with van der Waals surface area (Å²) in [7, 11) is 0. The van der Waals surface area contributed by atoms with E-state index in [-0.39, 0.29) is 5.91 Å². The lowest BCUT2D eigenvalue weighted by Gasteiger charge is -2.11. The summed E-state index contributed by atoms with van der Waals surface area (Å²) in [6.07, 6.45) is 1.94. The molecular formula is C13H14N2O3. The van der Waals surface area contributed by atoms with Gasteiger partial charge in [0, 0.05) is 17.1 Å². The zero-order valence-corrected chi connectivity index (χ0v) is 9.93. The van der Waals surface area contributed by atoms with E-state index < -0.39 is 12.0 Å². The van der Waals surface area contributed by atoms with E-state index in [1.807, 2.05) is 24.3 Å². The topological polar surface area (TPSA) is 82.2 Å². The number of hydrogen-bond donors (Lipinski definition) is 3. The molecule has 0 saturated heterocycles. The van der Waals surface area contributed by atoms with E-state index in [4.69, 9.17) is 5.11 Å². The quantitative estimate of drug-likeness (QED) is 0.768. The summed E-state index contributed by atoms with van der Waals surface area (Å²) >= 11 is 0. The summed E-state index contributed by atoms with van der Waals surface area (Å²) < 4.78 is 0. The third-order valence-electron chi connectivity index (χ3n) is 2.85. The lowest BCUT2D eigenvalue weighted by Crippen LogP contribution is -2.40. The zero-order valence-electron chi connectivity index (χ0n) is 9.93. The number of benzene rings is 1. The summed E-state index contributed by atoms with van der Waals surface area (Å²) in [4.78, 5) is 25.9. The van der Waals surface area contributed by atoms with Crippen molar-refractivity contribution in [2.75, 3.05) is 0 Å². The molecule has 1 atom stereocenters. The molecule has 1 aromatic heterocycles. The molecule has 0 bridgehead atoms. The standard InChI is InChI=1S/C13H14N2O3/c1-2-10(13(17)18)15-12(16)9-7-14-11-6-4-3-5-8(9)11/h3-7,10,14H,2H2,1H3,(H,15,16)(H,17,18)/t10-/m0/s1. The number of amides is 1. The van der Waals surface area contributed by atoms with Gasteiger partial charge in [-0.1, -0.05) is 25.1 Å². The van der Waals surface area contributed by atoms with Gasteiger partial charge in [0.25, 0.3) is 5.91 Å². The number of hydrogen-bond acceptors (Lipinski definition) is 2. The van der Waals surface area contributed by atoms with Gasteiger partial charge in [-0.3, -0.25) is 4.79 Å². The highest BCUT2D eigenvalue weighted by molar-refractivity contribution is 6.07. The molecule has 0 aliphatic rings. The minimum absolute atomic E-state index is 0.351. The summed E-state index contributed by atoms with van der Waals surface area (Å²) in [6, 6.07) is 6.53. The van der Waals surface area contributed by atoms with Gasteiger partial charge in [0.15, 0.2) is 0 Å². The molecule has 0 spiro atoms. The number of nitrogens with one attached hydrogen (secondary N) is 2. The van der Waals surface area contributed by atoms with Gasteiger partial charge in [-0.25, -0.2) is 4.79 Å². The number of aliphatic carboxylic acids is 1. The van der Waals surface area contributed by atoms with Crippen LogP contribution in [0.2, 0.25) is 0 Å². The van der Waals surface area contributed by atoms with E-state index in [1.165, 1.54) is 0 Å². The number of aromatic nitrogens is 1. The molecule has 0 aliphatic carbocycles.